The van der Waals surface area contributed by atoms with E-state index in [0.29, 0.717) is 30.2 Å². The SMILES string of the molecule is CCOC(COc1nc(N)nc2ncn([C@@H]3O[C@H](CO[P@@]4(=O)OCC[C@@H](c5cccc(Cl)c5)O4)[C@H]4OC(=O)O[C@]43C)c12)OCC. The third-order valence-corrected chi connectivity index (χ3v) is 9.17. The van der Waals surface area contributed by atoms with Crippen molar-refractivity contribution in [2.45, 2.75) is 63.6 Å². The Morgan fingerprint density at radius 3 is 2.80 bits per heavy atom. The Hall–Kier alpha value is -3.08. The van der Waals surface area contributed by atoms with Gasteiger partial charge in [0.25, 0.3) is 0 Å². The molecule has 0 bridgehead atoms. The van der Waals surface area contributed by atoms with Crippen molar-refractivity contribution in [2.24, 2.45) is 0 Å². The molecule has 16 nitrogen and oxygen atoms in total. The second-order valence-corrected chi connectivity index (χ2v) is 12.5. The molecular weight excluding hydrogens is 637 g/mol. The zero-order chi connectivity index (χ0) is 31.8. The predicted molar refractivity (Wildman–Crippen MR) is 155 cm³/mol. The van der Waals surface area contributed by atoms with Crippen LogP contribution in [0.15, 0.2) is 30.6 Å². The van der Waals surface area contributed by atoms with E-state index in [-0.39, 0.29) is 37.3 Å². The van der Waals surface area contributed by atoms with Crippen molar-refractivity contribution >= 4 is 42.7 Å². The zero-order valence-corrected chi connectivity index (χ0v) is 26.3. The highest BCUT2D eigenvalue weighted by atomic mass is 35.5. The van der Waals surface area contributed by atoms with Crippen molar-refractivity contribution in [1.82, 2.24) is 19.5 Å². The fourth-order valence-electron chi connectivity index (χ4n) is 5.51. The highest BCUT2D eigenvalue weighted by Crippen LogP contribution is 2.58. The van der Waals surface area contributed by atoms with Crippen LogP contribution >= 0.6 is 19.4 Å². The molecule has 0 saturated carbocycles. The number of hydrogen-bond acceptors (Lipinski definition) is 15. The summed E-state index contributed by atoms with van der Waals surface area (Å²) < 4.78 is 66.6. The lowest BCUT2D eigenvalue weighted by Crippen LogP contribution is -2.42. The summed E-state index contributed by atoms with van der Waals surface area (Å²) in [7, 11) is -4.04. The Bertz CT molecular complexity index is 1590. The van der Waals surface area contributed by atoms with Crippen LogP contribution in [0.5, 0.6) is 5.88 Å². The van der Waals surface area contributed by atoms with Crippen LogP contribution in [0, 0.1) is 0 Å². The molecule has 3 aliphatic rings. The van der Waals surface area contributed by atoms with Crippen LogP contribution < -0.4 is 10.5 Å². The van der Waals surface area contributed by atoms with Gasteiger partial charge in [0.15, 0.2) is 35.4 Å². The summed E-state index contributed by atoms with van der Waals surface area (Å²) in [6.45, 7) is 5.92. The number of ether oxygens (including phenoxy) is 6. The Kier molecular flexibility index (Phi) is 9.19. The molecule has 3 saturated heterocycles. The number of fused-ring (bicyclic) bond motifs is 2. The molecule has 18 heteroatoms. The molecule has 0 aliphatic carbocycles. The number of rotatable bonds is 12. The summed E-state index contributed by atoms with van der Waals surface area (Å²) in [5.41, 5.74) is 5.81. The highest BCUT2D eigenvalue weighted by molar-refractivity contribution is 7.48. The fraction of sp³-hybridized carbons (Fsp3) is 0.556. The molecule has 45 heavy (non-hydrogen) atoms. The van der Waals surface area contributed by atoms with E-state index >= 15 is 0 Å². The van der Waals surface area contributed by atoms with Gasteiger partial charge in [0.1, 0.15) is 19.0 Å². The lowest BCUT2D eigenvalue weighted by atomic mass is 9.96. The minimum absolute atomic E-state index is 0.0101. The molecule has 0 radical (unpaired) electrons. The first kappa shape index (κ1) is 31.9. The maximum atomic E-state index is 13.5. The summed E-state index contributed by atoms with van der Waals surface area (Å²) in [6.07, 6.45) is -3.19. The van der Waals surface area contributed by atoms with Crippen molar-refractivity contribution in [3.05, 3.63) is 41.2 Å². The normalized spacial score (nSPS) is 29.6. The molecule has 0 unspecified atom stereocenters. The second kappa shape index (κ2) is 13.0. The van der Waals surface area contributed by atoms with Gasteiger partial charge in [-0.1, -0.05) is 23.7 Å². The topological polar surface area (TPSA) is 187 Å². The van der Waals surface area contributed by atoms with Gasteiger partial charge in [0, 0.05) is 24.7 Å². The number of phosphoric acid groups is 1. The van der Waals surface area contributed by atoms with Crippen molar-refractivity contribution in [2.75, 3.05) is 38.8 Å². The number of carbonyl (C=O) groups is 1. The minimum Gasteiger partial charge on any atom is -0.471 e. The number of aromatic nitrogens is 4. The van der Waals surface area contributed by atoms with E-state index in [2.05, 4.69) is 15.0 Å². The van der Waals surface area contributed by atoms with Gasteiger partial charge in [-0.2, -0.15) is 9.97 Å². The number of nitrogens with two attached hydrogens (primary N) is 1. The average Bonchev–Trinajstić information content (AvgIpc) is 3.63. The lowest BCUT2D eigenvalue weighted by molar-refractivity contribution is -0.152. The lowest BCUT2D eigenvalue weighted by Gasteiger charge is -2.30. The number of hydrogen-bond donors (Lipinski definition) is 1. The Morgan fingerprint density at radius 1 is 1.24 bits per heavy atom. The first-order valence-corrected chi connectivity index (χ1v) is 16.2. The van der Waals surface area contributed by atoms with E-state index in [9.17, 15) is 9.36 Å². The number of phosphoric ester groups is 1. The first-order chi connectivity index (χ1) is 21.6. The molecule has 3 aromatic rings. The summed E-state index contributed by atoms with van der Waals surface area (Å²) in [6, 6.07) is 7.05. The molecule has 6 atom stereocenters. The monoisotopic (exact) mass is 669 g/mol. The van der Waals surface area contributed by atoms with Crippen molar-refractivity contribution in [3.8, 4) is 5.88 Å². The van der Waals surface area contributed by atoms with Crippen molar-refractivity contribution < 1.29 is 51.4 Å². The average molecular weight is 670 g/mol. The van der Waals surface area contributed by atoms with Gasteiger partial charge in [-0.25, -0.2) is 14.3 Å². The number of imidazole rings is 1. The third kappa shape index (κ3) is 6.46. The van der Waals surface area contributed by atoms with Gasteiger partial charge >= 0.3 is 14.0 Å². The Morgan fingerprint density at radius 2 is 2.04 bits per heavy atom. The summed E-state index contributed by atoms with van der Waals surface area (Å²) >= 11 is 6.13. The van der Waals surface area contributed by atoms with Gasteiger partial charge in [0.05, 0.1) is 19.3 Å². The molecule has 1 aromatic carbocycles. The molecule has 0 amide bonds. The van der Waals surface area contributed by atoms with Gasteiger partial charge < -0.3 is 34.2 Å². The number of anilines is 1. The predicted octanol–water partition coefficient (Wildman–Crippen LogP) is 4.33. The van der Waals surface area contributed by atoms with E-state index in [0.717, 1.165) is 5.56 Å². The molecule has 2 N–H and O–H groups in total. The Balaban J connectivity index is 1.24. The first-order valence-electron chi connectivity index (χ1n) is 14.4. The van der Waals surface area contributed by atoms with Gasteiger partial charge in [-0.05, 0) is 38.5 Å². The minimum atomic E-state index is -4.04. The fourth-order valence-corrected chi connectivity index (χ4v) is 7.10. The van der Waals surface area contributed by atoms with Gasteiger partial charge in [-0.3, -0.25) is 18.1 Å². The van der Waals surface area contributed by atoms with E-state index in [1.54, 1.807) is 29.7 Å². The van der Waals surface area contributed by atoms with E-state index in [4.69, 9.17) is 59.3 Å². The van der Waals surface area contributed by atoms with Crippen LogP contribution in [0.2, 0.25) is 5.02 Å². The Labute approximate surface area is 262 Å². The number of nitrogen functional groups attached to an aromatic ring is 1. The van der Waals surface area contributed by atoms with Crippen LogP contribution in [-0.2, 0) is 41.8 Å². The molecule has 6 rings (SSSR count). The summed E-state index contributed by atoms with van der Waals surface area (Å²) in [5, 5.41) is 0.517. The number of carbonyl (C=O) groups excluding carboxylic acids is 1. The smallest absolute Gasteiger partial charge is 0.471 e. The van der Waals surface area contributed by atoms with Gasteiger partial charge in [0.2, 0.25) is 11.8 Å². The van der Waals surface area contributed by atoms with Crippen LogP contribution in [0.3, 0.4) is 0 Å². The third-order valence-electron chi connectivity index (χ3n) is 7.45. The maximum absolute atomic E-state index is 13.5. The second-order valence-electron chi connectivity index (χ2n) is 10.5. The molecular formula is C27H33ClN5O11P. The molecule has 3 fully saturated rings. The van der Waals surface area contributed by atoms with Crippen LogP contribution in [0.1, 0.15) is 45.1 Å². The molecule has 244 valence electrons. The van der Waals surface area contributed by atoms with Crippen LogP contribution in [-0.4, -0.2) is 82.8 Å². The number of halogens is 1. The number of benzene rings is 1. The summed E-state index contributed by atoms with van der Waals surface area (Å²) in [5.74, 6) is 0.00678. The quantitative estimate of drug-likeness (QED) is 0.163. The van der Waals surface area contributed by atoms with Crippen molar-refractivity contribution in [1.29, 1.82) is 0 Å². The molecule has 3 aliphatic heterocycles. The zero-order valence-electron chi connectivity index (χ0n) is 24.7. The maximum Gasteiger partial charge on any atom is 0.509 e. The van der Waals surface area contributed by atoms with Crippen molar-refractivity contribution in [3.63, 3.8) is 0 Å². The summed E-state index contributed by atoms with van der Waals surface area (Å²) in [4.78, 5) is 25.2. The van der Waals surface area contributed by atoms with E-state index in [1.807, 2.05) is 19.9 Å². The number of nitrogens with zero attached hydrogens (tertiary/aromatic N) is 4. The van der Waals surface area contributed by atoms with Crippen LogP contribution in [0.4, 0.5) is 10.7 Å². The van der Waals surface area contributed by atoms with Crippen LogP contribution in [0.25, 0.3) is 11.2 Å². The standard InChI is InChI=1S/C27H33ClN5O11P/c1-4-36-19(37-5-2)13-38-23-20-22(31-25(29)32-23)30-14-33(20)24-27(3)21(42-26(34)43-27)18(41-24)12-40-45(35)39-10-9-17(44-45)15-7-6-8-16(28)11-15/h6-8,11,14,17-19,21,24H,4-5,9-10,12-13H2,1-3H3,(H2,29,31,32)/t17-,18+,21+,24+,27+,45+/m0/s1. The molecule has 2 aromatic heterocycles. The van der Waals surface area contributed by atoms with E-state index in [1.165, 1.54) is 6.33 Å². The largest absolute Gasteiger partial charge is 0.509 e. The van der Waals surface area contributed by atoms with Gasteiger partial charge in [-0.15, -0.1) is 0 Å². The molecule has 0 spiro atoms. The highest BCUT2D eigenvalue weighted by Gasteiger charge is 2.64. The molecule has 5 heterocycles. The van der Waals surface area contributed by atoms with E-state index < -0.39 is 50.4 Å².